The summed E-state index contributed by atoms with van der Waals surface area (Å²) in [6.45, 7) is 1.83. The zero-order chi connectivity index (χ0) is 70.9. The number of carboxylic acid groups (broad SMARTS) is 2. The van der Waals surface area contributed by atoms with Crippen molar-refractivity contribution in [3.63, 3.8) is 0 Å². The molecule has 0 aliphatic carbocycles. The van der Waals surface area contributed by atoms with E-state index in [0.717, 1.165) is 33.8 Å². The first kappa shape index (κ1) is 74.5. The highest BCUT2D eigenvalue weighted by Gasteiger charge is 2.13. The maximum atomic E-state index is 12.4. The molecule has 23 nitrogen and oxygen atoms in total. The van der Waals surface area contributed by atoms with Gasteiger partial charge in [-0.3, -0.25) is 14.4 Å². The van der Waals surface area contributed by atoms with E-state index in [1.54, 1.807) is 141 Å². The summed E-state index contributed by atoms with van der Waals surface area (Å²) < 4.78 is 41.5. The lowest BCUT2D eigenvalue weighted by Gasteiger charge is -2.12. The number of nitrogens with one attached hydrogen (secondary N) is 5. The number of nitrogen functional groups attached to an aromatic ring is 3. The zero-order valence-electron chi connectivity index (χ0n) is 55.2. The van der Waals surface area contributed by atoms with Crippen molar-refractivity contribution in [1.29, 1.82) is 0 Å². The van der Waals surface area contributed by atoms with E-state index >= 15 is 0 Å². The molecule has 0 spiro atoms. The SMILES string of the molecule is COc1ccc(N)cc1OC.COc1ccc(NCc2ccc(C(=O)Nc3ccccc3N)cc2)cc1OC.COc1ccc(NCc2ccc(C(=O)Nc3cscc3N)cc2)cc1OC.COc1ccc(NCc2ccc(C(=O)O)cc2)cc1OC.O=Cc1ccc(C(=O)O)cc1. The van der Waals surface area contributed by atoms with E-state index in [4.69, 9.17) is 65.3 Å². The van der Waals surface area contributed by atoms with Crippen LogP contribution in [0.5, 0.6) is 46.0 Å². The Morgan fingerprint density at radius 3 is 1.05 bits per heavy atom. The van der Waals surface area contributed by atoms with E-state index < -0.39 is 11.9 Å². The van der Waals surface area contributed by atoms with Crippen LogP contribution in [0.2, 0.25) is 0 Å². The van der Waals surface area contributed by atoms with Crippen molar-refractivity contribution >= 4 is 86.9 Å². The second kappa shape index (κ2) is 38.6. The number of hydrogen-bond acceptors (Lipinski definition) is 20. The van der Waals surface area contributed by atoms with Crippen molar-refractivity contribution in [2.45, 2.75) is 19.6 Å². The molecular formula is C74H78N8O15S. The predicted octanol–water partition coefficient (Wildman–Crippen LogP) is 13.9. The van der Waals surface area contributed by atoms with Gasteiger partial charge in [-0.05, 0) is 126 Å². The van der Waals surface area contributed by atoms with Crippen molar-refractivity contribution in [3.05, 3.63) is 249 Å². The van der Waals surface area contributed by atoms with Crippen LogP contribution in [0.15, 0.2) is 205 Å². The van der Waals surface area contributed by atoms with Crippen LogP contribution in [0.3, 0.4) is 0 Å². The van der Waals surface area contributed by atoms with Gasteiger partial charge in [0.2, 0.25) is 0 Å². The fourth-order valence-electron chi connectivity index (χ4n) is 8.73. The molecule has 24 heteroatoms. The van der Waals surface area contributed by atoms with Gasteiger partial charge in [0.25, 0.3) is 11.8 Å². The molecule has 0 atom stereocenters. The molecular weight excluding hydrogens is 1270 g/mol. The number of methoxy groups -OCH3 is 8. The molecule has 0 saturated heterocycles. The number of benzene rings is 9. The largest absolute Gasteiger partial charge is 0.493 e. The van der Waals surface area contributed by atoms with Crippen LogP contribution in [0.1, 0.15) is 68.5 Å². The number of amides is 2. The number of ether oxygens (including phenoxy) is 8. The van der Waals surface area contributed by atoms with E-state index in [1.165, 1.54) is 35.6 Å². The van der Waals surface area contributed by atoms with Gasteiger partial charge in [0, 0.05) is 94.1 Å². The highest BCUT2D eigenvalue weighted by atomic mass is 32.1. The van der Waals surface area contributed by atoms with Crippen LogP contribution in [-0.4, -0.2) is 97.1 Å². The van der Waals surface area contributed by atoms with Gasteiger partial charge < -0.3 is 91.9 Å². The molecule has 0 aliphatic rings. The lowest BCUT2D eigenvalue weighted by Crippen LogP contribution is -2.13. The number of carbonyl (C=O) groups excluding carboxylic acids is 3. The number of para-hydroxylation sites is 2. The molecule has 0 radical (unpaired) electrons. The molecule has 9 aromatic carbocycles. The molecule has 1 aromatic heterocycles. The normalized spacial score (nSPS) is 9.96. The maximum absolute atomic E-state index is 12.4. The highest BCUT2D eigenvalue weighted by Crippen LogP contribution is 2.33. The summed E-state index contributed by atoms with van der Waals surface area (Å²) >= 11 is 1.45. The Bertz CT molecular complexity index is 4210. The van der Waals surface area contributed by atoms with Crippen LogP contribution in [-0.2, 0) is 19.6 Å². The Balaban J connectivity index is 0.000000202. The molecule has 0 aliphatic heterocycles. The van der Waals surface area contributed by atoms with Crippen molar-refractivity contribution in [3.8, 4) is 46.0 Å². The topological polar surface area (TPSA) is 338 Å². The van der Waals surface area contributed by atoms with Crippen LogP contribution >= 0.6 is 11.3 Å². The summed E-state index contributed by atoms with van der Waals surface area (Å²) in [5.41, 5.74) is 28.1. The number of anilines is 8. The third-order valence-corrected chi connectivity index (χ3v) is 14.9. The van der Waals surface area contributed by atoms with E-state index in [0.29, 0.717) is 117 Å². The van der Waals surface area contributed by atoms with Gasteiger partial charge in [0.15, 0.2) is 46.0 Å². The molecule has 98 heavy (non-hydrogen) atoms. The number of hydrogen-bond donors (Lipinski definition) is 10. The second-order valence-corrected chi connectivity index (χ2v) is 21.3. The van der Waals surface area contributed by atoms with Crippen molar-refractivity contribution in [2.24, 2.45) is 0 Å². The van der Waals surface area contributed by atoms with Gasteiger partial charge in [-0.2, -0.15) is 0 Å². The summed E-state index contributed by atoms with van der Waals surface area (Å²) in [6, 6.07) is 56.6. The Morgan fingerprint density at radius 2 is 0.714 bits per heavy atom. The fourth-order valence-corrected chi connectivity index (χ4v) is 9.40. The number of carboxylic acids is 2. The molecule has 0 fully saturated rings. The smallest absolute Gasteiger partial charge is 0.335 e. The lowest BCUT2D eigenvalue weighted by atomic mass is 10.1. The third kappa shape index (κ3) is 22.9. The minimum absolute atomic E-state index is 0.181. The summed E-state index contributed by atoms with van der Waals surface area (Å²) in [6.07, 6.45) is 0.672. The third-order valence-electron chi connectivity index (χ3n) is 14.1. The summed E-state index contributed by atoms with van der Waals surface area (Å²) in [7, 11) is 12.8. The Morgan fingerprint density at radius 1 is 0.378 bits per heavy atom. The van der Waals surface area contributed by atoms with Gasteiger partial charge in [-0.25, -0.2) is 9.59 Å². The molecule has 10 aromatic rings. The van der Waals surface area contributed by atoms with Gasteiger partial charge >= 0.3 is 11.9 Å². The average molecular weight is 1350 g/mol. The highest BCUT2D eigenvalue weighted by molar-refractivity contribution is 7.09. The zero-order valence-corrected chi connectivity index (χ0v) is 56.0. The first-order chi connectivity index (χ1) is 47.3. The van der Waals surface area contributed by atoms with Crippen LogP contribution in [0.4, 0.5) is 45.5 Å². The number of carbonyl (C=O) groups is 5. The van der Waals surface area contributed by atoms with E-state index in [-0.39, 0.29) is 22.9 Å². The van der Waals surface area contributed by atoms with Crippen molar-refractivity contribution < 1.29 is 72.1 Å². The molecule has 2 amide bonds. The first-order valence-corrected chi connectivity index (χ1v) is 30.7. The summed E-state index contributed by atoms with van der Waals surface area (Å²) in [4.78, 5) is 55.9. The van der Waals surface area contributed by atoms with Crippen LogP contribution in [0.25, 0.3) is 0 Å². The molecule has 0 bridgehead atoms. The molecule has 13 N–H and O–H groups in total. The fraction of sp³-hybridized carbons (Fsp3) is 0.149. The minimum Gasteiger partial charge on any atom is -0.493 e. The second-order valence-electron chi connectivity index (χ2n) is 20.6. The van der Waals surface area contributed by atoms with E-state index in [2.05, 4.69) is 26.6 Å². The number of rotatable bonds is 24. The Kier molecular flexibility index (Phi) is 29.3. The number of aromatic carboxylic acids is 2. The molecule has 0 unspecified atom stereocenters. The van der Waals surface area contributed by atoms with E-state index in [1.807, 2.05) is 96.4 Å². The van der Waals surface area contributed by atoms with Crippen molar-refractivity contribution in [2.75, 3.05) is 101 Å². The molecule has 1 heterocycles. The van der Waals surface area contributed by atoms with Gasteiger partial charge in [0.1, 0.15) is 6.29 Å². The number of thiophene rings is 1. The average Bonchev–Trinajstić information content (AvgIpc) is 1.49. The number of aldehydes is 1. The Hall–Kier alpha value is -12.6. The quantitative estimate of drug-likeness (QED) is 0.0198. The van der Waals surface area contributed by atoms with Gasteiger partial charge in [-0.1, -0.05) is 60.7 Å². The summed E-state index contributed by atoms with van der Waals surface area (Å²) in [5.74, 6) is 3.11. The predicted molar refractivity (Wildman–Crippen MR) is 385 cm³/mol. The lowest BCUT2D eigenvalue weighted by molar-refractivity contribution is 0.0686. The van der Waals surface area contributed by atoms with Crippen molar-refractivity contribution in [1.82, 2.24) is 0 Å². The monoisotopic (exact) mass is 1350 g/mol. The molecule has 0 saturated carbocycles. The maximum Gasteiger partial charge on any atom is 0.335 e. The standard InChI is InChI=1S/C22H23N3O3.C20H21N3O3S.C16H17NO4.C8H11NO2.C8H6O3/c1-27-20-12-11-17(13-21(20)28-2)24-14-15-7-9-16(10-8-15)22(26)25-19-6-4-3-5-18(19)23;1-25-18-8-7-15(9-19(18)26-2)22-10-13-3-5-14(6-4-13)20(24)23-17-12-27-11-16(17)21;1-20-14-8-7-13(9-15(14)21-2)17-10-11-3-5-12(6-4-11)16(18)19;1-10-7-4-3-6(9)5-8(7)11-2;9-5-6-1-3-7(4-2-6)8(10)11/h3-13,24H,14,23H2,1-2H3,(H,25,26);3-9,11-12,22H,10,21H2,1-2H3,(H,23,24);3-9,17H,10H2,1-2H3,(H,18,19);3-5H,9H2,1-2H3;1-5H,(H,10,11). The molecule has 510 valence electrons. The van der Waals surface area contributed by atoms with Crippen LogP contribution in [0, 0.1) is 0 Å². The van der Waals surface area contributed by atoms with Gasteiger partial charge in [-0.15, -0.1) is 11.3 Å². The van der Waals surface area contributed by atoms with E-state index in [9.17, 15) is 24.0 Å². The molecule has 10 rings (SSSR count). The van der Waals surface area contributed by atoms with Crippen LogP contribution < -0.4 is 81.7 Å². The minimum atomic E-state index is -0.984. The Labute approximate surface area is 572 Å². The summed E-state index contributed by atoms with van der Waals surface area (Å²) in [5, 5.41) is 36.5. The van der Waals surface area contributed by atoms with Gasteiger partial charge in [0.05, 0.1) is 90.8 Å². The first-order valence-electron chi connectivity index (χ1n) is 29.8. The number of nitrogens with two attached hydrogens (primary N) is 3.